The third-order valence-electron chi connectivity index (χ3n) is 3.04. The molecule has 2 unspecified atom stereocenters. The Bertz CT molecular complexity index is 478. The second-order valence-corrected chi connectivity index (χ2v) is 6.70. The minimum absolute atomic E-state index is 0.0292. The van der Waals surface area contributed by atoms with Gasteiger partial charge in [0.15, 0.2) is 6.10 Å². The number of hydrogen-bond acceptors (Lipinski definition) is 6. The Morgan fingerprint density at radius 3 is 2.71 bits per heavy atom. The van der Waals surface area contributed by atoms with E-state index in [4.69, 9.17) is 4.74 Å². The highest BCUT2D eigenvalue weighted by Gasteiger charge is 2.32. The van der Waals surface area contributed by atoms with E-state index in [-0.39, 0.29) is 24.8 Å². The average molecular weight is 322 g/mol. The summed E-state index contributed by atoms with van der Waals surface area (Å²) < 4.78 is 35.5. The van der Waals surface area contributed by atoms with E-state index in [0.717, 1.165) is 0 Å². The number of morpholine rings is 1. The lowest BCUT2D eigenvalue weighted by Crippen LogP contribution is -2.54. The molecule has 1 saturated heterocycles. The number of esters is 1. The van der Waals surface area contributed by atoms with E-state index in [1.807, 2.05) is 0 Å². The minimum atomic E-state index is -3.47. The van der Waals surface area contributed by atoms with Crippen molar-refractivity contribution in [2.45, 2.75) is 32.4 Å². The molecular formula is C12H22N2O6S. The summed E-state index contributed by atoms with van der Waals surface area (Å²) in [5.74, 6) is -0.961. The summed E-state index contributed by atoms with van der Waals surface area (Å²) in [4.78, 5) is 25.1. The second-order valence-electron chi connectivity index (χ2n) is 4.83. The van der Waals surface area contributed by atoms with E-state index in [9.17, 15) is 18.0 Å². The van der Waals surface area contributed by atoms with E-state index in [0.29, 0.717) is 13.0 Å². The molecule has 0 aromatic heterocycles. The van der Waals surface area contributed by atoms with Crippen LogP contribution in [-0.2, 0) is 29.1 Å². The van der Waals surface area contributed by atoms with Crippen LogP contribution in [0.2, 0.25) is 0 Å². The van der Waals surface area contributed by atoms with Gasteiger partial charge in [0.05, 0.1) is 32.1 Å². The molecule has 1 amide bonds. The Labute approximate surface area is 124 Å². The molecule has 1 aliphatic heterocycles. The summed E-state index contributed by atoms with van der Waals surface area (Å²) in [6.45, 7) is 3.81. The lowest BCUT2D eigenvalue weighted by molar-refractivity contribution is -0.162. The number of carbonyl (C=O) groups excluding carboxylic acids is 2. The molecule has 1 aliphatic rings. The van der Waals surface area contributed by atoms with Crippen LogP contribution in [0.4, 0.5) is 0 Å². The second kappa shape index (κ2) is 7.71. The van der Waals surface area contributed by atoms with Crippen molar-refractivity contribution in [1.82, 2.24) is 9.62 Å². The molecule has 8 nitrogen and oxygen atoms in total. The third kappa shape index (κ3) is 5.25. The number of sulfonamides is 1. The highest BCUT2D eigenvalue weighted by atomic mass is 32.2. The van der Waals surface area contributed by atoms with Crippen molar-refractivity contribution in [3.63, 3.8) is 0 Å². The van der Waals surface area contributed by atoms with Gasteiger partial charge in [0, 0.05) is 6.54 Å². The van der Waals surface area contributed by atoms with Crippen LogP contribution < -0.4 is 4.72 Å². The van der Waals surface area contributed by atoms with Gasteiger partial charge in [-0.3, -0.25) is 4.79 Å². The minimum Gasteiger partial charge on any atom is -0.467 e. The van der Waals surface area contributed by atoms with Crippen LogP contribution in [0.3, 0.4) is 0 Å². The number of nitrogens with zero attached hydrogens (tertiary/aromatic N) is 1. The molecule has 1 rings (SSSR count). The number of rotatable bonds is 6. The SMILES string of the molecule is CCCS(=O)(=O)NC(C)C(=O)N1CCOC(C(=O)OC)C1. The van der Waals surface area contributed by atoms with Crippen molar-refractivity contribution >= 4 is 21.9 Å². The van der Waals surface area contributed by atoms with Gasteiger partial charge in [0.25, 0.3) is 0 Å². The summed E-state index contributed by atoms with van der Waals surface area (Å²) in [5.41, 5.74) is 0. The fourth-order valence-corrected chi connectivity index (χ4v) is 3.34. The number of hydrogen-bond donors (Lipinski definition) is 1. The number of nitrogens with one attached hydrogen (secondary N) is 1. The van der Waals surface area contributed by atoms with Crippen LogP contribution in [0.1, 0.15) is 20.3 Å². The van der Waals surface area contributed by atoms with Gasteiger partial charge in [0.2, 0.25) is 15.9 Å². The zero-order valence-corrected chi connectivity index (χ0v) is 13.3. The molecule has 0 spiro atoms. The molecule has 2 atom stereocenters. The number of methoxy groups -OCH3 is 1. The van der Waals surface area contributed by atoms with Crippen molar-refractivity contribution in [2.75, 3.05) is 32.6 Å². The number of amides is 1. The fourth-order valence-electron chi connectivity index (χ4n) is 2.04. The maximum atomic E-state index is 12.2. The predicted molar refractivity (Wildman–Crippen MR) is 75.0 cm³/mol. The maximum absolute atomic E-state index is 12.2. The van der Waals surface area contributed by atoms with E-state index >= 15 is 0 Å². The highest BCUT2D eigenvalue weighted by molar-refractivity contribution is 7.89. The molecule has 0 saturated carbocycles. The number of ether oxygens (including phenoxy) is 2. The van der Waals surface area contributed by atoms with Gasteiger partial charge < -0.3 is 14.4 Å². The molecule has 122 valence electrons. The quantitative estimate of drug-likeness (QED) is 0.636. The van der Waals surface area contributed by atoms with Gasteiger partial charge in [-0.05, 0) is 13.3 Å². The van der Waals surface area contributed by atoms with Gasteiger partial charge in [0.1, 0.15) is 0 Å². The van der Waals surface area contributed by atoms with Crippen LogP contribution in [0.15, 0.2) is 0 Å². The highest BCUT2D eigenvalue weighted by Crippen LogP contribution is 2.09. The largest absolute Gasteiger partial charge is 0.467 e. The summed E-state index contributed by atoms with van der Waals surface area (Å²) in [6.07, 6.45) is -0.356. The summed E-state index contributed by atoms with van der Waals surface area (Å²) in [7, 11) is -2.23. The zero-order valence-electron chi connectivity index (χ0n) is 12.5. The number of carbonyl (C=O) groups is 2. The van der Waals surface area contributed by atoms with Crippen LogP contribution >= 0.6 is 0 Å². The first kappa shape index (κ1) is 17.9. The monoisotopic (exact) mass is 322 g/mol. The zero-order chi connectivity index (χ0) is 16.0. The molecule has 1 fully saturated rings. The molecule has 1 heterocycles. The van der Waals surface area contributed by atoms with E-state index in [2.05, 4.69) is 9.46 Å². The van der Waals surface area contributed by atoms with Crippen LogP contribution in [-0.4, -0.2) is 69.9 Å². The third-order valence-corrected chi connectivity index (χ3v) is 4.70. The molecule has 0 radical (unpaired) electrons. The predicted octanol–water partition coefficient (Wildman–Crippen LogP) is -0.895. The molecule has 0 aromatic rings. The lowest BCUT2D eigenvalue weighted by atomic mass is 10.2. The van der Waals surface area contributed by atoms with Gasteiger partial charge in [-0.15, -0.1) is 0 Å². The van der Waals surface area contributed by atoms with Gasteiger partial charge >= 0.3 is 5.97 Å². The Morgan fingerprint density at radius 2 is 2.14 bits per heavy atom. The Balaban J connectivity index is 2.63. The molecule has 1 N–H and O–H groups in total. The molecule has 21 heavy (non-hydrogen) atoms. The van der Waals surface area contributed by atoms with Crippen molar-refractivity contribution in [3.05, 3.63) is 0 Å². The van der Waals surface area contributed by atoms with Gasteiger partial charge in [-0.2, -0.15) is 0 Å². The van der Waals surface area contributed by atoms with Crippen molar-refractivity contribution in [3.8, 4) is 0 Å². The molecule has 0 aliphatic carbocycles. The molecule has 0 bridgehead atoms. The smallest absolute Gasteiger partial charge is 0.336 e. The van der Waals surface area contributed by atoms with Gasteiger partial charge in [-0.25, -0.2) is 17.9 Å². The Morgan fingerprint density at radius 1 is 1.48 bits per heavy atom. The lowest BCUT2D eigenvalue weighted by Gasteiger charge is -2.33. The van der Waals surface area contributed by atoms with E-state index in [1.165, 1.54) is 18.9 Å². The van der Waals surface area contributed by atoms with Crippen molar-refractivity contribution < 1.29 is 27.5 Å². The van der Waals surface area contributed by atoms with E-state index in [1.54, 1.807) is 6.92 Å². The standard InChI is InChI=1S/C12H22N2O6S/c1-4-7-21(17,18)13-9(2)11(15)14-5-6-20-10(8-14)12(16)19-3/h9-10,13H,4-8H2,1-3H3. The fraction of sp³-hybridized carbons (Fsp3) is 0.833. The van der Waals surface area contributed by atoms with Crippen LogP contribution in [0, 0.1) is 0 Å². The molecule has 9 heteroatoms. The first-order chi connectivity index (χ1) is 9.80. The summed E-state index contributed by atoms with van der Waals surface area (Å²) >= 11 is 0. The Kier molecular flexibility index (Phi) is 6.56. The van der Waals surface area contributed by atoms with Crippen LogP contribution in [0.25, 0.3) is 0 Å². The Hall–Kier alpha value is -1.19. The maximum Gasteiger partial charge on any atom is 0.336 e. The topological polar surface area (TPSA) is 102 Å². The van der Waals surface area contributed by atoms with Crippen LogP contribution in [0.5, 0.6) is 0 Å². The summed E-state index contributed by atoms with van der Waals surface area (Å²) in [5, 5.41) is 0. The average Bonchev–Trinajstić information content (AvgIpc) is 2.45. The normalized spacial score (nSPS) is 20.9. The first-order valence-electron chi connectivity index (χ1n) is 6.79. The first-order valence-corrected chi connectivity index (χ1v) is 8.44. The summed E-state index contributed by atoms with van der Waals surface area (Å²) in [6, 6.07) is -0.877. The van der Waals surface area contributed by atoms with Crippen molar-refractivity contribution in [1.29, 1.82) is 0 Å². The molecular weight excluding hydrogens is 300 g/mol. The molecule has 0 aromatic carbocycles. The van der Waals surface area contributed by atoms with Gasteiger partial charge in [-0.1, -0.05) is 6.92 Å². The van der Waals surface area contributed by atoms with E-state index < -0.39 is 28.1 Å². The van der Waals surface area contributed by atoms with Crippen molar-refractivity contribution in [2.24, 2.45) is 0 Å².